The molecule has 3 unspecified atom stereocenters. The van der Waals surface area contributed by atoms with Crippen molar-refractivity contribution in [1.82, 2.24) is 15.2 Å². The third-order valence-corrected chi connectivity index (χ3v) is 4.95. The minimum absolute atomic E-state index is 0.207. The first-order chi connectivity index (χ1) is 9.81. The molecule has 3 heterocycles. The number of nitrogens with zero attached hydrogens (tertiary/aromatic N) is 2. The number of amides is 1. The Morgan fingerprint density at radius 2 is 2.20 bits per heavy atom. The van der Waals surface area contributed by atoms with E-state index in [0.29, 0.717) is 30.6 Å². The number of hydrogen-bond donors (Lipinski definition) is 1. The minimum atomic E-state index is 0.207. The van der Waals surface area contributed by atoms with Crippen molar-refractivity contribution in [1.29, 1.82) is 0 Å². The van der Waals surface area contributed by atoms with E-state index in [-0.39, 0.29) is 5.92 Å². The fourth-order valence-electron chi connectivity index (χ4n) is 3.75. The number of nitrogens with one attached hydrogen (secondary N) is 1. The molecule has 0 aromatic carbocycles. The number of carbonyl (C=O) groups excluding carboxylic acids is 1. The number of fused-ring (bicyclic) bond motifs is 2. The van der Waals surface area contributed by atoms with Gasteiger partial charge in [0.15, 0.2) is 0 Å². The summed E-state index contributed by atoms with van der Waals surface area (Å²) in [6, 6.07) is 7.41. The Hall–Kier alpha value is -1.42. The van der Waals surface area contributed by atoms with Gasteiger partial charge in [0, 0.05) is 24.3 Å². The maximum Gasteiger partial charge on any atom is 0.227 e. The Morgan fingerprint density at radius 3 is 2.80 bits per heavy atom. The van der Waals surface area contributed by atoms with Crippen molar-refractivity contribution in [2.24, 2.45) is 5.92 Å². The molecule has 1 aromatic heterocycles. The van der Waals surface area contributed by atoms with Crippen molar-refractivity contribution in [3.05, 3.63) is 30.1 Å². The van der Waals surface area contributed by atoms with Crippen LogP contribution < -0.4 is 5.32 Å². The normalized spacial score (nSPS) is 31.5. The van der Waals surface area contributed by atoms with Crippen LogP contribution >= 0.6 is 0 Å². The molecule has 3 aliphatic rings. The van der Waals surface area contributed by atoms with E-state index in [9.17, 15) is 4.79 Å². The lowest BCUT2D eigenvalue weighted by molar-refractivity contribution is -0.137. The van der Waals surface area contributed by atoms with Gasteiger partial charge in [0.2, 0.25) is 5.91 Å². The van der Waals surface area contributed by atoms with Gasteiger partial charge in [-0.15, -0.1) is 0 Å². The molecule has 3 atom stereocenters. The molecule has 4 rings (SSSR count). The highest BCUT2D eigenvalue weighted by molar-refractivity contribution is 5.81. The molecule has 4 nitrogen and oxygen atoms in total. The van der Waals surface area contributed by atoms with Crippen LogP contribution in [0, 0.1) is 5.92 Å². The van der Waals surface area contributed by atoms with Gasteiger partial charge in [0.25, 0.3) is 0 Å². The van der Waals surface area contributed by atoms with Crippen molar-refractivity contribution in [2.45, 2.75) is 56.8 Å². The van der Waals surface area contributed by atoms with Crippen LogP contribution in [0.3, 0.4) is 0 Å². The van der Waals surface area contributed by atoms with Crippen LogP contribution in [-0.4, -0.2) is 33.9 Å². The van der Waals surface area contributed by atoms with E-state index in [4.69, 9.17) is 0 Å². The predicted molar refractivity (Wildman–Crippen MR) is 75.9 cm³/mol. The maximum absolute atomic E-state index is 12.9. The molecule has 1 N–H and O–H groups in total. The lowest BCUT2D eigenvalue weighted by atomic mass is 9.88. The average molecular weight is 271 g/mol. The van der Waals surface area contributed by atoms with Gasteiger partial charge < -0.3 is 10.2 Å². The van der Waals surface area contributed by atoms with Crippen LogP contribution in [-0.2, 0) is 11.3 Å². The number of rotatable bonds is 4. The highest BCUT2D eigenvalue weighted by Gasteiger charge is 2.46. The maximum atomic E-state index is 12.9. The van der Waals surface area contributed by atoms with Crippen LogP contribution in [0.5, 0.6) is 0 Å². The van der Waals surface area contributed by atoms with Crippen LogP contribution in [0.1, 0.15) is 37.8 Å². The lowest BCUT2D eigenvalue weighted by Gasteiger charge is -2.28. The molecule has 2 saturated heterocycles. The zero-order chi connectivity index (χ0) is 13.5. The SMILES string of the molecule is O=C(C1CC2CCC1N2)N(Cc1ccccn1)C1CC1. The first-order valence-corrected chi connectivity index (χ1v) is 7.78. The van der Waals surface area contributed by atoms with Gasteiger partial charge >= 0.3 is 0 Å². The van der Waals surface area contributed by atoms with E-state index in [0.717, 1.165) is 25.0 Å². The Morgan fingerprint density at radius 1 is 1.30 bits per heavy atom. The standard InChI is InChI=1S/C16H21N3O/c20-16(14-9-11-4-7-15(14)18-11)19(13-5-6-13)10-12-3-1-2-8-17-12/h1-3,8,11,13-15,18H,4-7,9-10H2. The highest BCUT2D eigenvalue weighted by atomic mass is 16.2. The average Bonchev–Trinajstić information content (AvgIpc) is 3.11. The Labute approximate surface area is 119 Å². The van der Waals surface area contributed by atoms with Crippen molar-refractivity contribution in [3.63, 3.8) is 0 Å². The topological polar surface area (TPSA) is 45.2 Å². The summed E-state index contributed by atoms with van der Waals surface area (Å²) in [5.41, 5.74) is 1.00. The van der Waals surface area contributed by atoms with Crippen molar-refractivity contribution >= 4 is 5.91 Å². The van der Waals surface area contributed by atoms with Gasteiger partial charge in [-0.25, -0.2) is 0 Å². The monoisotopic (exact) mass is 271 g/mol. The molecule has 0 radical (unpaired) electrons. The summed E-state index contributed by atoms with van der Waals surface area (Å²) in [4.78, 5) is 19.3. The molecule has 20 heavy (non-hydrogen) atoms. The molecule has 3 fully saturated rings. The fourth-order valence-corrected chi connectivity index (χ4v) is 3.75. The molecule has 1 amide bonds. The van der Waals surface area contributed by atoms with Crippen LogP contribution in [0.15, 0.2) is 24.4 Å². The van der Waals surface area contributed by atoms with Crippen LogP contribution in [0.25, 0.3) is 0 Å². The zero-order valence-corrected chi connectivity index (χ0v) is 11.7. The van der Waals surface area contributed by atoms with Gasteiger partial charge in [-0.3, -0.25) is 9.78 Å². The van der Waals surface area contributed by atoms with Crippen LogP contribution in [0.2, 0.25) is 0 Å². The summed E-state index contributed by atoms with van der Waals surface area (Å²) in [7, 11) is 0. The van der Waals surface area contributed by atoms with Gasteiger partial charge in [-0.2, -0.15) is 0 Å². The van der Waals surface area contributed by atoms with E-state index >= 15 is 0 Å². The van der Waals surface area contributed by atoms with Crippen LogP contribution in [0.4, 0.5) is 0 Å². The fraction of sp³-hybridized carbons (Fsp3) is 0.625. The summed E-state index contributed by atoms with van der Waals surface area (Å²) in [5, 5.41) is 3.57. The zero-order valence-electron chi connectivity index (χ0n) is 11.7. The van der Waals surface area contributed by atoms with Crippen molar-refractivity contribution < 1.29 is 4.79 Å². The van der Waals surface area contributed by atoms with Gasteiger partial charge in [-0.05, 0) is 44.2 Å². The Bertz CT molecular complexity index is 500. The third-order valence-electron chi connectivity index (χ3n) is 4.95. The van der Waals surface area contributed by atoms with E-state index in [1.165, 1.54) is 12.8 Å². The predicted octanol–water partition coefficient (Wildman–Crippen LogP) is 1.71. The minimum Gasteiger partial charge on any atom is -0.334 e. The van der Waals surface area contributed by atoms with Crippen molar-refractivity contribution in [2.75, 3.05) is 0 Å². The van der Waals surface area contributed by atoms with Gasteiger partial charge in [-0.1, -0.05) is 6.07 Å². The second kappa shape index (κ2) is 4.85. The summed E-state index contributed by atoms with van der Waals surface area (Å²) in [6.45, 7) is 0.679. The number of aromatic nitrogens is 1. The van der Waals surface area contributed by atoms with Crippen molar-refractivity contribution in [3.8, 4) is 0 Å². The second-order valence-electron chi connectivity index (χ2n) is 6.41. The molecular weight excluding hydrogens is 250 g/mol. The van der Waals surface area contributed by atoms with E-state index in [1.807, 2.05) is 24.4 Å². The summed E-state index contributed by atoms with van der Waals surface area (Å²) < 4.78 is 0. The molecule has 1 aliphatic carbocycles. The quantitative estimate of drug-likeness (QED) is 0.907. The smallest absolute Gasteiger partial charge is 0.227 e. The summed E-state index contributed by atoms with van der Waals surface area (Å²) in [6.07, 6.45) is 7.58. The largest absolute Gasteiger partial charge is 0.334 e. The third kappa shape index (κ3) is 2.22. The molecule has 2 bridgehead atoms. The molecular formula is C16H21N3O. The number of carbonyl (C=O) groups is 1. The Kier molecular flexibility index (Phi) is 2.99. The molecule has 2 aliphatic heterocycles. The molecule has 0 spiro atoms. The molecule has 106 valence electrons. The van der Waals surface area contributed by atoms with E-state index in [2.05, 4.69) is 15.2 Å². The number of pyridine rings is 1. The van der Waals surface area contributed by atoms with E-state index in [1.54, 1.807) is 0 Å². The Balaban J connectivity index is 1.49. The number of hydrogen-bond acceptors (Lipinski definition) is 3. The highest BCUT2D eigenvalue weighted by Crippen LogP contribution is 2.37. The molecule has 1 aromatic rings. The first-order valence-electron chi connectivity index (χ1n) is 7.78. The summed E-state index contributed by atoms with van der Waals surface area (Å²) in [5.74, 6) is 0.566. The van der Waals surface area contributed by atoms with Gasteiger partial charge in [0.05, 0.1) is 18.2 Å². The first kappa shape index (κ1) is 12.3. The molecule has 1 saturated carbocycles. The van der Waals surface area contributed by atoms with Gasteiger partial charge in [0.1, 0.15) is 0 Å². The molecule has 4 heteroatoms. The summed E-state index contributed by atoms with van der Waals surface area (Å²) >= 11 is 0. The van der Waals surface area contributed by atoms with E-state index < -0.39 is 0 Å². The second-order valence-corrected chi connectivity index (χ2v) is 6.41. The lowest BCUT2D eigenvalue weighted by Crippen LogP contribution is -2.41.